The summed E-state index contributed by atoms with van der Waals surface area (Å²) in [7, 11) is 0. The Morgan fingerprint density at radius 2 is 2.00 bits per heavy atom. The summed E-state index contributed by atoms with van der Waals surface area (Å²) < 4.78 is 11.5. The first-order chi connectivity index (χ1) is 15.4. The molecule has 3 N–H and O–H groups in total. The molecule has 2 aromatic carbocycles. The van der Waals surface area contributed by atoms with Crippen LogP contribution in [0, 0.1) is 0 Å². The van der Waals surface area contributed by atoms with E-state index in [1.54, 1.807) is 36.4 Å². The Bertz CT molecular complexity index is 949. The van der Waals surface area contributed by atoms with Crippen molar-refractivity contribution in [1.29, 1.82) is 0 Å². The third-order valence-electron chi connectivity index (χ3n) is 6.44. The zero-order chi connectivity index (χ0) is 22.7. The molecular formula is C25H31NO6. The fourth-order valence-electron chi connectivity index (χ4n) is 4.65. The Balaban J connectivity index is 1.40. The van der Waals surface area contributed by atoms with Crippen LogP contribution < -0.4 is 0 Å². The topological polar surface area (TPSA) is 99.5 Å². The number of benzene rings is 2. The average molecular weight is 442 g/mol. The molecule has 2 aromatic rings. The van der Waals surface area contributed by atoms with Crippen LogP contribution in [0.3, 0.4) is 0 Å². The standard InChI is InChI=1S/C25H31NO6/c1-2-3-7-17-10-11-21(27)20(22(17)28)15-26-13-12-25(30)14-19(32-24(25)26)16-31-23(29)18-8-5-4-6-9-18/h4-6,8-11,19,24,27-28,30H,2-3,7,12-16H2,1H3/t19-,24-,25-/m0/s1. The van der Waals surface area contributed by atoms with Crippen molar-refractivity contribution in [2.45, 2.75) is 63.5 Å². The van der Waals surface area contributed by atoms with Crippen LogP contribution in [0.2, 0.25) is 0 Å². The first-order valence-electron chi connectivity index (χ1n) is 11.3. The van der Waals surface area contributed by atoms with Gasteiger partial charge in [0, 0.05) is 25.1 Å². The second-order valence-corrected chi connectivity index (χ2v) is 8.78. The van der Waals surface area contributed by atoms with Crippen molar-refractivity contribution in [3.8, 4) is 11.5 Å². The molecule has 2 aliphatic heterocycles. The SMILES string of the molecule is CCCCc1ccc(O)c(CN2CC[C@]3(O)C[C@@H](COC(=O)c4ccccc4)O[C@H]23)c1O. The zero-order valence-corrected chi connectivity index (χ0v) is 18.4. The normalized spacial score (nSPS) is 25.1. The second kappa shape index (κ2) is 9.48. The number of ether oxygens (including phenoxy) is 2. The third kappa shape index (κ3) is 4.60. The summed E-state index contributed by atoms with van der Waals surface area (Å²) >= 11 is 0. The number of carbonyl (C=O) groups is 1. The van der Waals surface area contributed by atoms with E-state index in [0.717, 1.165) is 24.8 Å². The van der Waals surface area contributed by atoms with Crippen LogP contribution in [-0.2, 0) is 22.4 Å². The summed E-state index contributed by atoms with van der Waals surface area (Å²) in [5, 5.41) is 32.2. The van der Waals surface area contributed by atoms with E-state index in [1.165, 1.54) is 0 Å². The smallest absolute Gasteiger partial charge is 0.338 e. The maximum atomic E-state index is 12.2. The molecule has 4 rings (SSSR count). The number of aromatic hydroxyl groups is 2. The first kappa shape index (κ1) is 22.6. The molecule has 0 saturated carbocycles. The lowest BCUT2D eigenvalue weighted by Gasteiger charge is -2.27. The predicted octanol–water partition coefficient (Wildman–Crippen LogP) is 3.35. The molecule has 7 heteroatoms. The number of nitrogens with zero attached hydrogens (tertiary/aromatic N) is 1. The Hall–Kier alpha value is -2.61. The van der Waals surface area contributed by atoms with Crippen molar-refractivity contribution in [2.75, 3.05) is 13.2 Å². The van der Waals surface area contributed by atoms with Crippen LogP contribution in [0.25, 0.3) is 0 Å². The Morgan fingerprint density at radius 1 is 1.22 bits per heavy atom. The van der Waals surface area contributed by atoms with E-state index < -0.39 is 23.9 Å². The van der Waals surface area contributed by atoms with Gasteiger partial charge in [-0.05, 0) is 43.0 Å². The van der Waals surface area contributed by atoms with Crippen LogP contribution in [0.1, 0.15) is 54.1 Å². The maximum absolute atomic E-state index is 12.2. The minimum Gasteiger partial charge on any atom is -0.507 e. The van der Waals surface area contributed by atoms with E-state index in [-0.39, 0.29) is 24.7 Å². The minimum absolute atomic E-state index is 0.0320. The molecule has 7 nitrogen and oxygen atoms in total. The lowest BCUT2D eigenvalue weighted by Crippen LogP contribution is -2.40. The largest absolute Gasteiger partial charge is 0.507 e. The number of hydrogen-bond acceptors (Lipinski definition) is 7. The highest BCUT2D eigenvalue weighted by atomic mass is 16.6. The molecule has 0 radical (unpaired) electrons. The molecule has 0 bridgehead atoms. The number of aliphatic hydroxyl groups is 1. The summed E-state index contributed by atoms with van der Waals surface area (Å²) in [5.74, 6) is -0.279. The number of likely N-dealkylation sites (tertiary alicyclic amines) is 1. The molecular weight excluding hydrogens is 410 g/mol. The van der Waals surface area contributed by atoms with E-state index in [1.807, 2.05) is 11.0 Å². The molecule has 2 saturated heterocycles. The highest BCUT2D eigenvalue weighted by Gasteiger charge is 2.54. The summed E-state index contributed by atoms with van der Waals surface area (Å²) in [5.41, 5.74) is 0.687. The van der Waals surface area contributed by atoms with Gasteiger partial charge in [0.1, 0.15) is 29.9 Å². The van der Waals surface area contributed by atoms with Gasteiger partial charge in [0.05, 0.1) is 11.7 Å². The lowest BCUT2D eigenvalue weighted by molar-refractivity contribution is -0.102. The van der Waals surface area contributed by atoms with E-state index >= 15 is 0 Å². The van der Waals surface area contributed by atoms with Gasteiger partial charge in [0.15, 0.2) is 0 Å². The van der Waals surface area contributed by atoms with E-state index in [0.29, 0.717) is 30.5 Å². The molecule has 3 atom stereocenters. The molecule has 0 amide bonds. The Labute approximate surface area is 188 Å². The van der Waals surface area contributed by atoms with Gasteiger partial charge in [0.25, 0.3) is 0 Å². The van der Waals surface area contributed by atoms with Gasteiger partial charge in [-0.15, -0.1) is 0 Å². The van der Waals surface area contributed by atoms with Crippen molar-refractivity contribution in [3.63, 3.8) is 0 Å². The van der Waals surface area contributed by atoms with Crippen molar-refractivity contribution < 1.29 is 29.6 Å². The molecule has 0 aliphatic carbocycles. The first-order valence-corrected chi connectivity index (χ1v) is 11.3. The van der Waals surface area contributed by atoms with Gasteiger partial charge in [-0.2, -0.15) is 0 Å². The van der Waals surface area contributed by atoms with Crippen LogP contribution in [0.15, 0.2) is 42.5 Å². The Kier molecular flexibility index (Phi) is 6.69. The number of phenolic OH excluding ortho intramolecular Hbond substituents is 2. The van der Waals surface area contributed by atoms with Crippen LogP contribution >= 0.6 is 0 Å². The maximum Gasteiger partial charge on any atom is 0.338 e. The van der Waals surface area contributed by atoms with E-state index in [2.05, 4.69) is 6.92 Å². The quantitative estimate of drug-likeness (QED) is 0.540. The number of aryl methyl sites for hydroxylation is 1. The van der Waals surface area contributed by atoms with Gasteiger partial charge >= 0.3 is 5.97 Å². The zero-order valence-electron chi connectivity index (χ0n) is 18.4. The van der Waals surface area contributed by atoms with Gasteiger partial charge in [-0.3, -0.25) is 4.90 Å². The monoisotopic (exact) mass is 441 g/mol. The molecule has 0 unspecified atom stereocenters. The second-order valence-electron chi connectivity index (χ2n) is 8.78. The number of rotatable bonds is 8. The number of carbonyl (C=O) groups excluding carboxylic acids is 1. The van der Waals surface area contributed by atoms with E-state index in [9.17, 15) is 20.1 Å². The van der Waals surface area contributed by atoms with Crippen LogP contribution in [0.4, 0.5) is 0 Å². The van der Waals surface area contributed by atoms with Gasteiger partial charge in [-0.25, -0.2) is 4.79 Å². The van der Waals surface area contributed by atoms with Crippen molar-refractivity contribution >= 4 is 5.97 Å². The molecule has 2 heterocycles. The molecule has 0 aromatic heterocycles. The summed E-state index contributed by atoms with van der Waals surface area (Å²) in [6, 6.07) is 12.1. The third-order valence-corrected chi connectivity index (χ3v) is 6.44. The lowest BCUT2D eigenvalue weighted by atomic mass is 9.97. The predicted molar refractivity (Wildman–Crippen MR) is 118 cm³/mol. The fraction of sp³-hybridized carbons (Fsp3) is 0.480. The summed E-state index contributed by atoms with van der Waals surface area (Å²) in [6.07, 6.45) is 2.59. The summed E-state index contributed by atoms with van der Waals surface area (Å²) in [6.45, 7) is 2.99. The van der Waals surface area contributed by atoms with Gasteiger partial charge in [-0.1, -0.05) is 37.6 Å². The minimum atomic E-state index is -1.05. The number of esters is 1. The fourth-order valence-corrected chi connectivity index (χ4v) is 4.65. The van der Waals surface area contributed by atoms with E-state index in [4.69, 9.17) is 9.47 Å². The number of unbranched alkanes of at least 4 members (excludes halogenated alkanes) is 1. The van der Waals surface area contributed by atoms with Crippen LogP contribution in [-0.4, -0.2) is 57.3 Å². The number of fused-ring (bicyclic) bond motifs is 1. The molecule has 2 aliphatic rings. The van der Waals surface area contributed by atoms with Crippen molar-refractivity contribution in [1.82, 2.24) is 4.90 Å². The molecule has 172 valence electrons. The van der Waals surface area contributed by atoms with Crippen molar-refractivity contribution in [2.24, 2.45) is 0 Å². The average Bonchev–Trinajstić information content (AvgIpc) is 3.28. The van der Waals surface area contributed by atoms with Gasteiger partial charge in [0.2, 0.25) is 0 Å². The number of phenols is 2. The molecule has 2 fully saturated rings. The highest BCUT2D eigenvalue weighted by Crippen LogP contribution is 2.43. The number of hydrogen-bond donors (Lipinski definition) is 3. The van der Waals surface area contributed by atoms with Gasteiger partial charge < -0.3 is 24.8 Å². The van der Waals surface area contributed by atoms with Crippen LogP contribution in [0.5, 0.6) is 11.5 Å². The highest BCUT2D eigenvalue weighted by molar-refractivity contribution is 5.89. The summed E-state index contributed by atoms with van der Waals surface area (Å²) in [4.78, 5) is 14.1. The molecule has 32 heavy (non-hydrogen) atoms. The van der Waals surface area contributed by atoms with Crippen molar-refractivity contribution in [3.05, 3.63) is 59.2 Å². The Morgan fingerprint density at radius 3 is 2.75 bits per heavy atom. The molecule has 0 spiro atoms.